The van der Waals surface area contributed by atoms with Gasteiger partial charge in [0.25, 0.3) is 0 Å². The quantitative estimate of drug-likeness (QED) is 0.701. The zero-order valence-corrected chi connectivity index (χ0v) is 9.45. The van der Waals surface area contributed by atoms with Crippen molar-refractivity contribution >= 4 is 11.8 Å². The van der Waals surface area contributed by atoms with Crippen LogP contribution < -0.4 is 5.73 Å². The van der Waals surface area contributed by atoms with Gasteiger partial charge >= 0.3 is 0 Å². The lowest BCUT2D eigenvalue weighted by Crippen LogP contribution is -2.48. The Morgan fingerprint density at radius 1 is 1.67 bits per heavy atom. The number of nitrogens with zero attached hydrogens (tertiary/aromatic N) is 1. The average Bonchev–Trinajstić information content (AvgIpc) is 2.47. The summed E-state index contributed by atoms with van der Waals surface area (Å²) in [5.41, 5.74) is 4.81. The molecule has 0 bridgehead atoms. The number of rotatable bonds is 4. The van der Waals surface area contributed by atoms with Crippen molar-refractivity contribution in [1.29, 1.82) is 0 Å². The van der Waals surface area contributed by atoms with Crippen LogP contribution in [-0.2, 0) is 14.3 Å². The molecule has 1 aliphatic rings. The SMILES string of the molecule is COCC(C)(C)N1CC(C(N)=O)CC1=O. The van der Waals surface area contributed by atoms with Crippen molar-refractivity contribution in [2.45, 2.75) is 25.8 Å². The average molecular weight is 214 g/mol. The molecule has 1 rings (SSSR count). The molecule has 0 spiro atoms. The Balaban J connectivity index is 2.72. The lowest BCUT2D eigenvalue weighted by molar-refractivity contribution is -0.134. The van der Waals surface area contributed by atoms with Crippen LogP contribution in [0.5, 0.6) is 0 Å². The van der Waals surface area contributed by atoms with Crippen LogP contribution in [0.2, 0.25) is 0 Å². The van der Waals surface area contributed by atoms with Crippen LogP contribution in [0.1, 0.15) is 20.3 Å². The van der Waals surface area contributed by atoms with Gasteiger partial charge in [0.15, 0.2) is 0 Å². The molecular weight excluding hydrogens is 196 g/mol. The zero-order chi connectivity index (χ0) is 11.6. The van der Waals surface area contributed by atoms with Gasteiger partial charge in [0, 0.05) is 20.1 Å². The van der Waals surface area contributed by atoms with Crippen molar-refractivity contribution in [3.63, 3.8) is 0 Å². The number of primary amides is 1. The summed E-state index contributed by atoms with van der Waals surface area (Å²) in [4.78, 5) is 24.3. The Labute approximate surface area is 89.6 Å². The van der Waals surface area contributed by atoms with Crippen molar-refractivity contribution < 1.29 is 14.3 Å². The summed E-state index contributed by atoms with van der Waals surface area (Å²) >= 11 is 0. The van der Waals surface area contributed by atoms with Crippen molar-refractivity contribution in [3.05, 3.63) is 0 Å². The van der Waals surface area contributed by atoms with Crippen molar-refractivity contribution in [2.75, 3.05) is 20.3 Å². The number of likely N-dealkylation sites (tertiary alicyclic amines) is 1. The molecule has 0 aromatic rings. The Hall–Kier alpha value is -1.10. The number of amides is 2. The molecule has 1 saturated heterocycles. The first kappa shape index (κ1) is 12.0. The van der Waals surface area contributed by atoms with Gasteiger partial charge in [-0.2, -0.15) is 0 Å². The van der Waals surface area contributed by atoms with E-state index in [0.29, 0.717) is 13.2 Å². The third kappa shape index (κ3) is 2.47. The van der Waals surface area contributed by atoms with E-state index in [1.165, 1.54) is 0 Å². The van der Waals surface area contributed by atoms with Crippen LogP contribution in [0.4, 0.5) is 0 Å². The minimum absolute atomic E-state index is 0.0270. The fourth-order valence-corrected chi connectivity index (χ4v) is 1.91. The Bertz CT molecular complexity index is 276. The van der Waals surface area contributed by atoms with Gasteiger partial charge in [0.1, 0.15) is 0 Å². The monoisotopic (exact) mass is 214 g/mol. The predicted octanol–water partition coefficient (Wildman–Crippen LogP) is -0.255. The third-order valence-electron chi connectivity index (χ3n) is 2.76. The molecule has 86 valence electrons. The zero-order valence-electron chi connectivity index (χ0n) is 9.45. The molecule has 1 aliphatic heterocycles. The molecule has 1 atom stereocenters. The molecule has 2 N–H and O–H groups in total. The van der Waals surface area contributed by atoms with Crippen LogP contribution >= 0.6 is 0 Å². The van der Waals surface area contributed by atoms with E-state index in [1.54, 1.807) is 12.0 Å². The first-order chi connectivity index (χ1) is 6.88. The second-order valence-corrected chi connectivity index (χ2v) is 4.55. The predicted molar refractivity (Wildman–Crippen MR) is 55.0 cm³/mol. The van der Waals surface area contributed by atoms with Crippen molar-refractivity contribution in [2.24, 2.45) is 11.7 Å². The van der Waals surface area contributed by atoms with Crippen molar-refractivity contribution in [3.8, 4) is 0 Å². The molecule has 5 heteroatoms. The van der Waals surface area contributed by atoms with Gasteiger partial charge in [0.2, 0.25) is 11.8 Å². The number of carbonyl (C=O) groups excluding carboxylic acids is 2. The van der Waals surface area contributed by atoms with E-state index in [0.717, 1.165) is 0 Å². The van der Waals surface area contributed by atoms with Gasteiger partial charge < -0.3 is 15.4 Å². The van der Waals surface area contributed by atoms with Gasteiger partial charge in [-0.1, -0.05) is 0 Å². The number of nitrogens with two attached hydrogens (primary N) is 1. The summed E-state index contributed by atoms with van der Waals surface area (Å²) in [5.74, 6) is -0.784. The van der Waals surface area contributed by atoms with E-state index in [4.69, 9.17) is 10.5 Å². The number of carbonyl (C=O) groups is 2. The molecule has 0 aliphatic carbocycles. The molecule has 15 heavy (non-hydrogen) atoms. The summed E-state index contributed by atoms with van der Waals surface area (Å²) in [5, 5.41) is 0. The van der Waals surface area contributed by atoms with Gasteiger partial charge in [-0.25, -0.2) is 0 Å². The minimum atomic E-state index is -0.404. The molecular formula is C10H18N2O3. The summed E-state index contributed by atoms with van der Waals surface area (Å²) in [6.07, 6.45) is 0.225. The highest BCUT2D eigenvalue weighted by atomic mass is 16.5. The first-order valence-electron chi connectivity index (χ1n) is 4.97. The largest absolute Gasteiger partial charge is 0.382 e. The van der Waals surface area contributed by atoms with E-state index in [9.17, 15) is 9.59 Å². The molecule has 2 amide bonds. The van der Waals surface area contributed by atoms with Gasteiger partial charge in [-0.05, 0) is 13.8 Å². The van der Waals surface area contributed by atoms with Crippen LogP contribution in [0.3, 0.4) is 0 Å². The summed E-state index contributed by atoms with van der Waals surface area (Å²) in [6.45, 7) is 4.68. The van der Waals surface area contributed by atoms with E-state index >= 15 is 0 Å². The fourth-order valence-electron chi connectivity index (χ4n) is 1.91. The Morgan fingerprint density at radius 3 is 2.67 bits per heavy atom. The van der Waals surface area contributed by atoms with Crippen LogP contribution in [-0.4, -0.2) is 42.5 Å². The van der Waals surface area contributed by atoms with Crippen molar-refractivity contribution in [1.82, 2.24) is 4.90 Å². The number of hydrogen-bond donors (Lipinski definition) is 1. The highest BCUT2D eigenvalue weighted by Gasteiger charge is 2.40. The van der Waals surface area contributed by atoms with E-state index in [1.807, 2.05) is 13.8 Å². The van der Waals surface area contributed by atoms with E-state index < -0.39 is 5.91 Å². The highest BCUT2D eigenvalue weighted by molar-refractivity contribution is 5.88. The van der Waals surface area contributed by atoms with Gasteiger partial charge in [-0.3, -0.25) is 9.59 Å². The number of methoxy groups -OCH3 is 1. The third-order valence-corrected chi connectivity index (χ3v) is 2.76. The van der Waals surface area contributed by atoms with Gasteiger partial charge in [0.05, 0.1) is 18.1 Å². The van der Waals surface area contributed by atoms with Crippen LogP contribution in [0.15, 0.2) is 0 Å². The summed E-state index contributed by atoms with van der Waals surface area (Å²) < 4.78 is 5.05. The summed E-state index contributed by atoms with van der Waals surface area (Å²) in [6, 6.07) is 0. The molecule has 0 aromatic heterocycles. The minimum Gasteiger partial charge on any atom is -0.382 e. The fraction of sp³-hybridized carbons (Fsp3) is 0.800. The smallest absolute Gasteiger partial charge is 0.223 e. The highest BCUT2D eigenvalue weighted by Crippen LogP contribution is 2.26. The molecule has 1 heterocycles. The van der Waals surface area contributed by atoms with E-state index in [2.05, 4.69) is 0 Å². The molecule has 0 radical (unpaired) electrons. The molecule has 0 saturated carbocycles. The lowest BCUT2D eigenvalue weighted by Gasteiger charge is -2.35. The normalized spacial score (nSPS) is 22.2. The standard InChI is InChI=1S/C10H18N2O3/c1-10(2,6-15-3)12-5-7(9(11)14)4-8(12)13/h7H,4-6H2,1-3H3,(H2,11,14). The number of hydrogen-bond acceptors (Lipinski definition) is 3. The number of ether oxygens (including phenoxy) is 1. The lowest BCUT2D eigenvalue weighted by atomic mass is 10.0. The second kappa shape index (κ2) is 4.18. The molecule has 0 aromatic carbocycles. The Kier molecular flexibility index (Phi) is 3.34. The molecule has 5 nitrogen and oxygen atoms in total. The topological polar surface area (TPSA) is 72.6 Å². The van der Waals surface area contributed by atoms with Crippen LogP contribution in [0, 0.1) is 5.92 Å². The summed E-state index contributed by atoms with van der Waals surface area (Å²) in [7, 11) is 1.59. The molecule has 1 unspecified atom stereocenters. The molecule has 1 fully saturated rings. The van der Waals surface area contributed by atoms with Gasteiger partial charge in [-0.15, -0.1) is 0 Å². The maximum absolute atomic E-state index is 11.7. The second-order valence-electron chi connectivity index (χ2n) is 4.55. The van der Waals surface area contributed by atoms with Crippen LogP contribution in [0.25, 0.3) is 0 Å². The van der Waals surface area contributed by atoms with E-state index in [-0.39, 0.29) is 23.8 Å². The Morgan fingerprint density at radius 2 is 2.27 bits per heavy atom. The maximum atomic E-state index is 11.7. The first-order valence-corrected chi connectivity index (χ1v) is 4.97. The maximum Gasteiger partial charge on any atom is 0.223 e.